The summed E-state index contributed by atoms with van der Waals surface area (Å²) in [6, 6.07) is 6.01. The number of aromatic nitrogens is 1. The fourth-order valence-electron chi connectivity index (χ4n) is 5.73. The molecule has 0 radical (unpaired) electrons. The Bertz CT molecular complexity index is 928. The van der Waals surface area contributed by atoms with Gasteiger partial charge in [0.05, 0.1) is 18.8 Å². The van der Waals surface area contributed by atoms with E-state index in [0.717, 1.165) is 34.3 Å². The number of ether oxygens (including phenoxy) is 1. The highest BCUT2D eigenvalue weighted by Crippen LogP contribution is 2.52. The number of halogens is 1. The summed E-state index contributed by atoms with van der Waals surface area (Å²) in [6.07, 6.45) is 11.8. The molecule has 2 heterocycles. The van der Waals surface area contributed by atoms with Crippen molar-refractivity contribution in [3.8, 4) is 0 Å². The Hall–Kier alpha value is -1.37. The fourth-order valence-corrected chi connectivity index (χ4v) is 6.30. The molecule has 3 saturated carbocycles. The van der Waals surface area contributed by atoms with Crippen LogP contribution in [0.15, 0.2) is 28.9 Å². The first kappa shape index (κ1) is 20.5. The molecule has 162 valence electrons. The third-order valence-electron chi connectivity index (χ3n) is 7.85. The summed E-state index contributed by atoms with van der Waals surface area (Å²) in [7, 11) is 0. The summed E-state index contributed by atoms with van der Waals surface area (Å²) in [4.78, 5) is 13.1. The number of benzene rings is 1. The molecule has 0 unspecified atom stereocenters. The predicted molar refractivity (Wildman–Crippen MR) is 121 cm³/mol. The van der Waals surface area contributed by atoms with Crippen molar-refractivity contribution in [2.24, 2.45) is 11.3 Å². The molecule has 2 bridgehead atoms. The van der Waals surface area contributed by atoms with E-state index in [1.807, 2.05) is 24.4 Å². The molecular weight excluding hydrogens is 444 g/mol. The zero-order valence-corrected chi connectivity index (χ0v) is 19.0. The van der Waals surface area contributed by atoms with Crippen LogP contribution in [0.25, 0.3) is 10.9 Å². The van der Waals surface area contributed by atoms with E-state index in [0.29, 0.717) is 37.2 Å². The molecule has 4 fully saturated rings. The van der Waals surface area contributed by atoms with Crippen molar-refractivity contribution in [2.75, 3.05) is 19.8 Å². The van der Waals surface area contributed by atoms with Gasteiger partial charge >= 0.3 is 0 Å². The second-order valence-corrected chi connectivity index (χ2v) is 10.7. The van der Waals surface area contributed by atoms with Crippen LogP contribution < -0.4 is 5.32 Å². The van der Waals surface area contributed by atoms with E-state index in [4.69, 9.17) is 4.74 Å². The summed E-state index contributed by atoms with van der Waals surface area (Å²) in [5.41, 5.74) is 1.46. The second-order valence-electron chi connectivity index (χ2n) is 9.83. The van der Waals surface area contributed by atoms with E-state index in [1.54, 1.807) is 0 Å². The zero-order valence-electron chi connectivity index (χ0n) is 17.5. The van der Waals surface area contributed by atoms with Gasteiger partial charge in [0, 0.05) is 34.7 Å². The first-order valence-corrected chi connectivity index (χ1v) is 12.1. The molecule has 30 heavy (non-hydrogen) atoms. The Kier molecular flexibility index (Phi) is 5.44. The Labute approximate surface area is 186 Å². The predicted octanol–water partition coefficient (Wildman–Crippen LogP) is 4.65. The number of hydrogen-bond donors (Lipinski definition) is 2. The highest BCUT2D eigenvalue weighted by molar-refractivity contribution is 9.10. The fraction of sp³-hybridized carbons (Fsp3) is 0.625. The van der Waals surface area contributed by atoms with E-state index in [2.05, 4.69) is 25.8 Å². The molecule has 1 amide bonds. The second kappa shape index (κ2) is 7.95. The van der Waals surface area contributed by atoms with Crippen LogP contribution in [0.3, 0.4) is 0 Å². The van der Waals surface area contributed by atoms with Crippen molar-refractivity contribution in [1.82, 2.24) is 9.88 Å². The van der Waals surface area contributed by atoms with E-state index >= 15 is 0 Å². The first-order valence-electron chi connectivity index (χ1n) is 11.3. The number of fused-ring (bicyclic) bond motifs is 4. The van der Waals surface area contributed by atoms with Crippen LogP contribution in [0.1, 0.15) is 61.7 Å². The van der Waals surface area contributed by atoms with Crippen molar-refractivity contribution >= 4 is 32.7 Å². The molecule has 6 heteroatoms. The zero-order chi connectivity index (χ0) is 20.8. The Morgan fingerprint density at radius 3 is 2.60 bits per heavy atom. The highest BCUT2D eigenvalue weighted by Gasteiger charge is 2.40. The van der Waals surface area contributed by atoms with Crippen LogP contribution in [0.5, 0.6) is 0 Å². The molecule has 1 saturated heterocycles. The lowest BCUT2D eigenvalue weighted by molar-refractivity contribution is -0.182. The maximum absolute atomic E-state index is 13.1. The maximum atomic E-state index is 13.1. The van der Waals surface area contributed by atoms with Gasteiger partial charge in [0.1, 0.15) is 5.60 Å². The number of rotatable bonds is 7. The van der Waals surface area contributed by atoms with Gasteiger partial charge < -0.3 is 19.7 Å². The third kappa shape index (κ3) is 3.82. The molecule has 0 spiro atoms. The number of aryl methyl sites for hydroxylation is 1. The average Bonchev–Trinajstić information content (AvgIpc) is 3.12. The number of nitrogens with zero attached hydrogens (tertiary/aromatic N) is 1. The normalized spacial score (nSPS) is 27.2. The van der Waals surface area contributed by atoms with Crippen LogP contribution in [-0.2, 0) is 11.3 Å². The summed E-state index contributed by atoms with van der Waals surface area (Å²) < 4.78 is 8.18. The van der Waals surface area contributed by atoms with E-state index in [1.165, 1.54) is 38.5 Å². The minimum atomic E-state index is -0.733. The minimum absolute atomic E-state index is 0.00256. The Balaban J connectivity index is 1.29. The van der Waals surface area contributed by atoms with Gasteiger partial charge in [0.25, 0.3) is 5.91 Å². The quantitative estimate of drug-likeness (QED) is 0.613. The molecule has 2 aromatic rings. The minimum Gasteiger partial charge on any atom is -0.385 e. The number of nitrogens with one attached hydrogen (secondary N) is 1. The average molecular weight is 475 g/mol. The smallest absolute Gasteiger partial charge is 0.253 e. The molecule has 1 aromatic carbocycles. The summed E-state index contributed by atoms with van der Waals surface area (Å²) in [6.45, 7) is 2.19. The van der Waals surface area contributed by atoms with Crippen LogP contribution in [0.4, 0.5) is 0 Å². The van der Waals surface area contributed by atoms with Crippen LogP contribution in [0.2, 0.25) is 0 Å². The molecule has 5 nitrogen and oxygen atoms in total. The lowest BCUT2D eigenvalue weighted by atomic mass is 9.59. The van der Waals surface area contributed by atoms with Crippen molar-refractivity contribution < 1.29 is 14.6 Å². The molecular formula is C24H31BrN2O3. The lowest BCUT2D eigenvalue weighted by Crippen LogP contribution is -2.50. The van der Waals surface area contributed by atoms with E-state index in [-0.39, 0.29) is 5.91 Å². The molecule has 2 N–H and O–H groups in total. The summed E-state index contributed by atoms with van der Waals surface area (Å²) in [5.74, 6) is 0.965. The van der Waals surface area contributed by atoms with Crippen molar-refractivity contribution in [2.45, 2.75) is 63.5 Å². The van der Waals surface area contributed by atoms with Gasteiger partial charge in [-0.3, -0.25) is 4.79 Å². The van der Waals surface area contributed by atoms with E-state index in [9.17, 15) is 9.90 Å². The molecule has 6 rings (SSSR count). The monoisotopic (exact) mass is 474 g/mol. The van der Waals surface area contributed by atoms with E-state index < -0.39 is 5.60 Å². The number of carbonyl (C=O) groups is 1. The summed E-state index contributed by atoms with van der Waals surface area (Å²) >= 11 is 3.64. The lowest BCUT2D eigenvalue weighted by Gasteiger charge is -2.46. The van der Waals surface area contributed by atoms with Gasteiger partial charge in [-0.05, 0) is 74.8 Å². The van der Waals surface area contributed by atoms with Crippen LogP contribution in [0, 0.1) is 11.3 Å². The number of aliphatic hydroxyl groups is 1. The van der Waals surface area contributed by atoms with Gasteiger partial charge in [-0.25, -0.2) is 0 Å². The highest BCUT2D eigenvalue weighted by atomic mass is 79.9. The molecule has 4 aliphatic rings. The Morgan fingerprint density at radius 1 is 1.20 bits per heavy atom. The maximum Gasteiger partial charge on any atom is 0.253 e. The SMILES string of the molecule is O=C(NCCC12CCC(CC1)CC2)c1cn(CCC2(O)COC2)c2cccc(Br)c12. The van der Waals surface area contributed by atoms with Crippen LogP contribution in [-0.4, -0.2) is 40.9 Å². The number of carbonyl (C=O) groups excluding carboxylic acids is 1. The third-order valence-corrected chi connectivity index (χ3v) is 8.51. The molecule has 0 atom stereocenters. The number of hydrogen-bond acceptors (Lipinski definition) is 3. The topological polar surface area (TPSA) is 63.5 Å². The first-order chi connectivity index (χ1) is 14.5. The Morgan fingerprint density at radius 2 is 1.93 bits per heavy atom. The molecule has 3 aliphatic carbocycles. The standard InChI is InChI=1S/C24H31BrN2O3/c25-19-2-1-3-20-21(19)18(14-27(20)13-11-24(29)15-30-16-24)22(28)26-12-10-23-7-4-17(5-8-23)6-9-23/h1-3,14,17,29H,4-13,15-16H2,(H,26,28). The van der Waals surface area contributed by atoms with Gasteiger partial charge in [-0.1, -0.05) is 22.0 Å². The van der Waals surface area contributed by atoms with Gasteiger partial charge in [0.15, 0.2) is 0 Å². The summed E-state index contributed by atoms with van der Waals surface area (Å²) in [5, 5.41) is 14.5. The molecule has 1 aromatic heterocycles. The van der Waals surface area contributed by atoms with Crippen molar-refractivity contribution in [3.05, 3.63) is 34.4 Å². The van der Waals surface area contributed by atoms with Gasteiger partial charge in [-0.2, -0.15) is 0 Å². The van der Waals surface area contributed by atoms with Gasteiger partial charge in [-0.15, -0.1) is 0 Å². The largest absolute Gasteiger partial charge is 0.385 e. The van der Waals surface area contributed by atoms with Crippen molar-refractivity contribution in [3.63, 3.8) is 0 Å². The number of amides is 1. The van der Waals surface area contributed by atoms with Crippen molar-refractivity contribution in [1.29, 1.82) is 0 Å². The van der Waals surface area contributed by atoms with Gasteiger partial charge in [0.2, 0.25) is 0 Å². The van der Waals surface area contributed by atoms with Crippen LogP contribution >= 0.6 is 15.9 Å². The molecule has 1 aliphatic heterocycles.